The van der Waals surface area contributed by atoms with Gasteiger partial charge >= 0.3 is 0 Å². The Morgan fingerprint density at radius 1 is 0.812 bits per heavy atom. The van der Waals surface area contributed by atoms with Gasteiger partial charge in [0.05, 0.1) is 0 Å². The molecule has 1 aliphatic rings. The molecule has 2 aromatic rings. The fraction of sp³-hybridized carbons (Fsp3) is 0. The fourth-order valence-corrected chi connectivity index (χ4v) is 2.25. The number of nitrogens with two attached hydrogens (primary N) is 2. The normalized spacial score (nSPS) is 14.9. The number of hydrazone groups is 1. The van der Waals surface area contributed by atoms with Crippen LogP contribution in [-0.4, -0.2) is 5.71 Å². The Bertz CT molecular complexity index is 600. The zero-order valence-corrected chi connectivity index (χ0v) is 8.64. The zero-order valence-electron chi connectivity index (χ0n) is 8.64. The monoisotopic (exact) mass is 209 g/mol. The molecule has 4 N–H and O–H groups in total. The van der Waals surface area contributed by atoms with Gasteiger partial charge in [-0.2, -0.15) is 5.10 Å². The minimum absolute atomic E-state index is 0.720. The van der Waals surface area contributed by atoms with Crippen molar-refractivity contribution in [3.05, 3.63) is 53.6 Å². The summed E-state index contributed by atoms with van der Waals surface area (Å²) in [5, 5.41) is 3.87. The summed E-state index contributed by atoms with van der Waals surface area (Å²) >= 11 is 0. The first-order valence-corrected chi connectivity index (χ1v) is 5.09. The number of rotatable bonds is 0. The summed E-state index contributed by atoms with van der Waals surface area (Å²) in [6.07, 6.45) is 0. The summed E-state index contributed by atoms with van der Waals surface area (Å²) in [6, 6.07) is 13.9. The quantitative estimate of drug-likeness (QED) is 0.337. The highest BCUT2D eigenvalue weighted by Crippen LogP contribution is 2.39. The van der Waals surface area contributed by atoms with Crippen LogP contribution in [0, 0.1) is 0 Å². The highest BCUT2D eigenvalue weighted by atomic mass is 15.1. The molecule has 0 fully saturated rings. The van der Waals surface area contributed by atoms with Crippen molar-refractivity contribution in [3.63, 3.8) is 0 Å². The van der Waals surface area contributed by atoms with Gasteiger partial charge in [0.1, 0.15) is 5.71 Å². The van der Waals surface area contributed by atoms with Crippen LogP contribution in [0.3, 0.4) is 0 Å². The molecule has 2 aromatic carbocycles. The number of nitrogen functional groups attached to an aromatic ring is 1. The molecule has 3 rings (SSSR count). The predicted molar refractivity (Wildman–Crippen MR) is 66.1 cm³/mol. The molecule has 0 aromatic heterocycles. The molecule has 0 bridgehead atoms. The molecule has 0 heterocycles. The van der Waals surface area contributed by atoms with Crippen LogP contribution in [0.5, 0.6) is 0 Å². The Morgan fingerprint density at radius 3 is 2.25 bits per heavy atom. The number of benzene rings is 2. The van der Waals surface area contributed by atoms with E-state index in [2.05, 4.69) is 11.2 Å². The Morgan fingerprint density at radius 2 is 1.50 bits per heavy atom. The molecule has 16 heavy (non-hydrogen) atoms. The van der Waals surface area contributed by atoms with E-state index in [4.69, 9.17) is 11.6 Å². The number of fused-ring (bicyclic) bond motifs is 3. The van der Waals surface area contributed by atoms with E-state index in [9.17, 15) is 0 Å². The summed E-state index contributed by atoms with van der Waals surface area (Å²) in [4.78, 5) is 0. The van der Waals surface area contributed by atoms with Gasteiger partial charge < -0.3 is 11.6 Å². The number of hydrogen-bond donors (Lipinski definition) is 2. The molecule has 0 aliphatic heterocycles. The lowest BCUT2D eigenvalue weighted by molar-refractivity contribution is 1.25. The lowest BCUT2D eigenvalue weighted by Crippen LogP contribution is -2.05. The van der Waals surface area contributed by atoms with E-state index in [1.807, 2.05) is 36.4 Å². The highest BCUT2D eigenvalue weighted by molar-refractivity contribution is 6.26. The molecular formula is C13H11N3. The molecule has 0 radical (unpaired) electrons. The van der Waals surface area contributed by atoms with Crippen molar-refractivity contribution in [1.82, 2.24) is 0 Å². The van der Waals surface area contributed by atoms with Crippen LogP contribution in [0.15, 0.2) is 47.6 Å². The minimum Gasteiger partial charge on any atom is -0.398 e. The molecule has 0 spiro atoms. The SMILES string of the molecule is N/N=C1\c2ccccc2-c2cccc(N)c21. The first-order chi connectivity index (χ1) is 7.83. The van der Waals surface area contributed by atoms with Crippen LogP contribution in [0.25, 0.3) is 11.1 Å². The van der Waals surface area contributed by atoms with Gasteiger partial charge in [0, 0.05) is 16.8 Å². The summed E-state index contributed by atoms with van der Waals surface area (Å²) in [5.74, 6) is 5.46. The van der Waals surface area contributed by atoms with Gasteiger partial charge in [-0.25, -0.2) is 0 Å². The van der Waals surface area contributed by atoms with Crippen molar-refractivity contribution in [2.45, 2.75) is 0 Å². The fourth-order valence-electron chi connectivity index (χ4n) is 2.25. The molecule has 0 unspecified atom stereocenters. The smallest absolute Gasteiger partial charge is 0.100 e. The zero-order chi connectivity index (χ0) is 11.1. The topological polar surface area (TPSA) is 64.4 Å². The maximum atomic E-state index is 5.98. The van der Waals surface area contributed by atoms with Crippen molar-refractivity contribution in [2.75, 3.05) is 5.73 Å². The van der Waals surface area contributed by atoms with Crippen LogP contribution in [0.4, 0.5) is 5.69 Å². The lowest BCUT2D eigenvalue weighted by atomic mass is 10.1. The minimum atomic E-state index is 0.720. The third-order valence-corrected chi connectivity index (χ3v) is 2.93. The molecule has 0 atom stereocenters. The van der Waals surface area contributed by atoms with Crippen LogP contribution in [0.1, 0.15) is 11.1 Å². The van der Waals surface area contributed by atoms with E-state index in [1.165, 1.54) is 0 Å². The summed E-state index contributed by atoms with van der Waals surface area (Å²) in [7, 11) is 0. The predicted octanol–water partition coefficient (Wildman–Crippen LogP) is 1.96. The van der Waals surface area contributed by atoms with Crippen LogP contribution in [-0.2, 0) is 0 Å². The molecule has 0 amide bonds. The van der Waals surface area contributed by atoms with Gasteiger partial charge in [-0.05, 0) is 17.2 Å². The third-order valence-electron chi connectivity index (χ3n) is 2.93. The second-order valence-electron chi connectivity index (χ2n) is 3.79. The number of anilines is 1. The standard InChI is InChI=1S/C13H11N3/c14-11-7-3-6-9-8-4-1-2-5-10(8)13(16-15)12(9)11/h1-7H,14-15H2/b16-13+. The van der Waals surface area contributed by atoms with Crippen molar-refractivity contribution in [1.29, 1.82) is 0 Å². The molecule has 0 saturated heterocycles. The van der Waals surface area contributed by atoms with Gasteiger partial charge in [0.15, 0.2) is 0 Å². The molecule has 3 heteroatoms. The van der Waals surface area contributed by atoms with Gasteiger partial charge in [-0.1, -0.05) is 36.4 Å². The van der Waals surface area contributed by atoms with E-state index < -0.39 is 0 Å². The van der Waals surface area contributed by atoms with Crippen LogP contribution >= 0.6 is 0 Å². The van der Waals surface area contributed by atoms with Crippen molar-refractivity contribution in [2.24, 2.45) is 10.9 Å². The maximum Gasteiger partial charge on any atom is 0.100 e. The Kier molecular flexibility index (Phi) is 1.74. The average molecular weight is 209 g/mol. The molecule has 1 aliphatic carbocycles. The Balaban J connectivity index is 2.44. The van der Waals surface area contributed by atoms with E-state index in [0.29, 0.717) is 0 Å². The van der Waals surface area contributed by atoms with E-state index in [1.54, 1.807) is 0 Å². The van der Waals surface area contributed by atoms with Crippen molar-refractivity contribution >= 4 is 11.4 Å². The van der Waals surface area contributed by atoms with Gasteiger partial charge in [-0.15, -0.1) is 0 Å². The van der Waals surface area contributed by atoms with E-state index in [-0.39, 0.29) is 0 Å². The Labute approximate surface area is 93.4 Å². The largest absolute Gasteiger partial charge is 0.398 e. The average Bonchev–Trinajstić information content (AvgIpc) is 2.65. The molecular weight excluding hydrogens is 198 g/mol. The lowest BCUT2D eigenvalue weighted by Gasteiger charge is -2.03. The van der Waals surface area contributed by atoms with Gasteiger partial charge in [0.2, 0.25) is 0 Å². The number of nitrogens with zero attached hydrogens (tertiary/aromatic N) is 1. The molecule has 78 valence electrons. The van der Waals surface area contributed by atoms with E-state index in [0.717, 1.165) is 33.7 Å². The van der Waals surface area contributed by atoms with Gasteiger partial charge in [0.25, 0.3) is 0 Å². The van der Waals surface area contributed by atoms with E-state index >= 15 is 0 Å². The van der Waals surface area contributed by atoms with Crippen molar-refractivity contribution < 1.29 is 0 Å². The summed E-state index contributed by atoms with van der Waals surface area (Å²) < 4.78 is 0. The second-order valence-corrected chi connectivity index (χ2v) is 3.79. The Hall–Kier alpha value is -2.29. The third kappa shape index (κ3) is 0.997. The molecule has 3 nitrogen and oxygen atoms in total. The second kappa shape index (κ2) is 3.10. The maximum absolute atomic E-state index is 5.98. The van der Waals surface area contributed by atoms with Crippen LogP contribution < -0.4 is 11.6 Å². The first-order valence-electron chi connectivity index (χ1n) is 5.09. The highest BCUT2D eigenvalue weighted by Gasteiger charge is 2.25. The first kappa shape index (κ1) is 8.97. The van der Waals surface area contributed by atoms with Gasteiger partial charge in [-0.3, -0.25) is 0 Å². The summed E-state index contributed by atoms with van der Waals surface area (Å²) in [6.45, 7) is 0. The van der Waals surface area contributed by atoms with Crippen LogP contribution in [0.2, 0.25) is 0 Å². The summed E-state index contributed by atoms with van der Waals surface area (Å²) in [5.41, 5.74) is 11.7. The number of hydrogen-bond acceptors (Lipinski definition) is 3. The molecule has 0 saturated carbocycles. The van der Waals surface area contributed by atoms with Crippen molar-refractivity contribution in [3.8, 4) is 11.1 Å².